The van der Waals surface area contributed by atoms with Crippen LogP contribution in [-0.2, 0) is 0 Å². The number of hydrogen-bond donors (Lipinski definition) is 5. The molecule has 0 atom stereocenters. The molecule has 0 unspecified atom stereocenters. The first kappa shape index (κ1) is 14.6. The first-order valence-corrected chi connectivity index (χ1v) is 7.25. The van der Waals surface area contributed by atoms with E-state index in [1.165, 1.54) is 0 Å². The van der Waals surface area contributed by atoms with Crippen molar-refractivity contribution in [3.05, 3.63) is 66.7 Å². The van der Waals surface area contributed by atoms with Gasteiger partial charge < -0.3 is 27.8 Å². The number of benzene rings is 3. The van der Waals surface area contributed by atoms with E-state index in [0.29, 0.717) is 17.1 Å². The third-order valence-corrected chi connectivity index (χ3v) is 3.46. The fraction of sp³-hybridized carbons (Fsp3) is 0. The van der Waals surface area contributed by atoms with Crippen molar-refractivity contribution in [3.63, 3.8) is 0 Å². The number of nitrogen functional groups attached to an aromatic ring is 3. The number of rotatable bonds is 4. The molecule has 23 heavy (non-hydrogen) atoms. The minimum atomic E-state index is 0.581. The Bertz CT molecular complexity index is 798. The van der Waals surface area contributed by atoms with Crippen LogP contribution in [-0.4, -0.2) is 0 Å². The van der Waals surface area contributed by atoms with E-state index in [1.807, 2.05) is 60.7 Å². The maximum absolute atomic E-state index is 6.07. The number of nitrogens with two attached hydrogens (primary N) is 3. The molecule has 0 radical (unpaired) electrons. The molecule has 3 aromatic carbocycles. The van der Waals surface area contributed by atoms with Crippen molar-refractivity contribution < 1.29 is 0 Å². The van der Waals surface area contributed by atoms with Crippen molar-refractivity contribution in [3.8, 4) is 0 Å². The zero-order chi connectivity index (χ0) is 16.2. The molecular formula is C18H19N5. The molecule has 0 aromatic heterocycles. The van der Waals surface area contributed by atoms with Gasteiger partial charge in [-0.3, -0.25) is 0 Å². The quantitative estimate of drug-likeness (QED) is 0.470. The van der Waals surface area contributed by atoms with Crippen molar-refractivity contribution in [2.45, 2.75) is 0 Å². The van der Waals surface area contributed by atoms with Gasteiger partial charge in [-0.25, -0.2) is 0 Å². The van der Waals surface area contributed by atoms with Gasteiger partial charge in [0, 0.05) is 17.1 Å². The average molecular weight is 305 g/mol. The van der Waals surface area contributed by atoms with E-state index in [2.05, 4.69) is 10.6 Å². The van der Waals surface area contributed by atoms with Crippen LogP contribution < -0.4 is 27.8 Å². The van der Waals surface area contributed by atoms with Gasteiger partial charge in [0.15, 0.2) is 0 Å². The minimum Gasteiger partial charge on any atom is -0.399 e. The van der Waals surface area contributed by atoms with Gasteiger partial charge in [0.2, 0.25) is 0 Å². The fourth-order valence-electron chi connectivity index (χ4n) is 2.25. The Kier molecular flexibility index (Phi) is 3.93. The third-order valence-electron chi connectivity index (χ3n) is 3.46. The van der Waals surface area contributed by atoms with E-state index in [0.717, 1.165) is 22.7 Å². The van der Waals surface area contributed by atoms with Crippen LogP contribution in [0.2, 0.25) is 0 Å². The van der Waals surface area contributed by atoms with Crippen molar-refractivity contribution >= 4 is 39.8 Å². The Morgan fingerprint density at radius 3 is 1.65 bits per heavy atom. The zero-order valence-electron chi connectivity index (χ0n) is 12.6. The summed E-state index contributed by atoms with van der Waals surface area (Å²) in [5.41, 5.74) is 23.2. The van der Waals surface area contributed by atoms with Crippen LogP contribution in [0.25, 0.3) is 0 Å². The molecule has 5 nitrogen and oxygen atoms in total. The van der Waals surface area contributed by atoms with Crippen LogP contribution in [0.1, 0.15) is 0 Å². The van der Waals surface area contributed by atoms with E-state index in [-0.39, 0.29) is 0 Å². The lowest BCUT2D eigenvalue weighted by molar-refractivity contribution is 1.51. The lowest BCUT2D eigenvalue weighted by atomic mass is 10.2. The van der Waals surface area contributed by atoms with Gasteiger partial charge in [0.05, 0.1) is 22.7 Å². The smallest absolute Gasteiger partial charge is 0.0640 e. The molecule has 0 saturated heterocycles. The standard InChI is InChI=1S/C18H19N5/c19-12-6-8-14(9-7-12)23-18-11-17(15(20)10-16(18)21)22-13-4-2-1-3-5-13/h1-11,22-23H,19-21H2. The lowest BCUT2D eigenvalue weighted by Gasteiger charge is -2.15. The van der Waals surface area contributed by atoms with Crippen LogP contribution in [0.15, 0.2) is 66.7 Å². The van der Waals surface area contributed by atoms with E-state index in [9.17, 15) is 0 Å². The summed E-state index contributed by atoms with van der Waals surface area (Å²) >= 11 is 0. The monoisotopic (exact) mass is 305 g/mol. The van der Waals surface area contributed by atoms with E-state index >= 15 is 0 Å². The summed E-state index contributed by atoms with van der Waals surface area (Å²) in [6, 6.07) is 20.9. The Balaban J connectivity index is 1.88. The summed E-state index contributed by atoms with van der Waals surface area (Å²) < 4.78 is 0. The van der Waals surface area contributed by atoms with Crippen LogP contribution in [0.5, 0.6) is 0 Å². The Morgan fingerprint density at radius 2 is 1.09 bits per heavy atom. The highest BCUT2D eigenvalue weighted by Crippen LogP contribution is 2.33. The van der Waals surface area contributed by atoms with Crippen LogP contribution >= 0.6 is 0 Å². The second-order valence-electron chi connectivity index (χ2n) is 5.26. The molecule has 0 aliphatic rings. The highest BCUT2D eigenvalue weighted by molar-refractivity contribution is 5.85. The summed E-state index contributed by atoms with van der Waals surface area (Å²) in [6.07, 6.45) is 0. The molecule has 8 N–H and O–H groups in total. The van der Waals surface area contributed by atoms with Crippen molar-refractivity contribution in [2.75, 3.05) is 27.8 Å². The molecule has 0 bridgehead atoms. The molecule has 0 spiro atoms. The van der Waals surface area contributed by atoms with Crippen LogP contribution in [0, 0.1) is 0 Å². The molecule has 0 amide bonds. The third kappa shape index (κ3) is 3.47. The van der Waals surface area contributed by atoms with Gasteiger partial charge in [0.25, 0.3) is 0 Å². The molecule has 0 saturated carbocycles. The molecular weight excluding hydrogens is 286 g/mol. The van der Waals surface area contributed by atoms with Gasteiger partial charge in [-0.05, 0) is 48.5 Å². The van der Waals surface area contributed by atoms with Crippen molar-refractivity contribution in [1.82, 2.24) is 0 Å². The van der Waals surface area contributed by atoms with Gasteiger partial charge in [-0.15, -0.1) is 0 Å². The first-order chi connectivity index (χ1) is 11.1. The molecule has 5 heteroatoms. The van der Waals surface area contributed by atoms with E-state index < -0.39 is 0 Å². The highest BCUT2D eigenvalue weighted by Gasteiger charge is 2.07. The Hall–Kier alpha value is -3.34. The SMILES string of the molecule is Nc1ccc(Nc2cc(Nc3ccccc3)c(N)cc2N)cc1. The average Bonchev–Trinajstić information content (AvgIpc) is 2.55. The summed E-state index contributed by atoms with van der Waals surface area (Å²) in [7, 11) is 0. The topological polar surface area (TPSA) is 102 Å². The Labute approximate surface area is 135 Å². The van der Waals surface area contributed by atoms with Gasteiger partial charge in [-0.2, -0.15) is 0 Å². The molecule has 0 fully saturated rings. The summed E-state index contributed by atoms with van der Waals surface area (Å²) in [4.78, 5) is 0. The second-order valence-corrected chi connectivity index (χ2v) is 5.26. The van der Waals surface area contributed by atoms with Gasteiger partial charge in [0.1, 0.15) is 0 Å². The summed E-state index contributed by atoms with van der Waals surface area (Å²) in [5, 5.41) is 6.57. The number of anilines is 7. The number of para-hydroxylation sites is 1. The van der Waals surface area contributed by atoms with Crippen LogP contribution in [0.3, 0.4) is 0 Å². The fourth-order valence-corrected chi connectivity index (χ4v) is 2.25. The van der Waals surface area contributed by atoms with Crippen LogP contribution in [0.4, 0.5) is 39.8 Å². The van der Waals surface area contributed by atoms with Gasteiger partial charge in [-0.1, -0.05) is 18.2 Å². The largest absolute Gasteiger partial charge is 0.399 e. The highest BCUT2D eigenvalue weighted by atomic mass is 14.9. The predicted molar refractivity (Wildman–Crippen MR) is 99.1 cm³/mol. The number of hydrogen-bond acceptors (Lipinski definition) is 5. The molecule has 3 aromatic rings. The van der Waals surface area contributed by atoms with Gasteiger partial charge >= 0.3 is 0 Å². The second kappa shape index (κ2) is 6.19. The normalized spacial score (nSPS) is 10.3. The maximum Gasteiger partial charge on any atom is 0.0640 e. The molecule has 0 aliphatic heterocycles. The molecule has 116 valence electrons. The van der Waals surface area contributed by atoms with E-state index in [4.69, 9.17) is 17.2 Å². The van der Waals surface area contributed by atoms with Crippen molar-refractivity contribution in [1.29, 1.82) is 0 Å². The zero-order valence-corrected chi connectivity index (χ0v) is 12.6. The predicted octanol–water partition coefficient (Wildman–Crippen LogP) is 3.92. The maximum atomic E-state index is 6.07. The first-order valence-electron chi connectivity index (χ1n) is 7.25. The molecule has 0 aliphatic carbocycles. The Morgan fingerprint density at radius 1 is 0.565 bits per heavy atom. The number of nitrogens with one attached hydrogen (secondary N) is 2. The molecule has 0 heterocycles. The van der Waals surface area contributed by atoms with Crippen molar-refractivity contribution in [2.24, 2.45) is 0 Å². The van der Waals surface area contributed by atoms with E-state index in [1.54, 1.807) is 6.07 Å². The lowest BCUT2D eigenvalue weighted by Crippen LogP contribution is -2.02. The summed E-state index contributed by atoms with van der Waals surface area (Å²) in [6.45, 7) is 0. The molecule has 3 rings (SSSR count). The minimum absolute atomic E-state index is 0.581. The summed E-state index contributed by atoms with van der Waals surface area (Å²) in [5.74, 6) is 0.